The normalized spacial score (nSPS) is 11.5. The number of halogens is 1. The molecule has 0 aliphatic heterocycles. The molecule has 0 atom stereocenters. The summed E-state index contributed by atoms with van der Waals surface area (Å²) in [6, 6.07) is 9.47. The zero-order chi connectivity index (χ0) is 15.9. The molecule has 22 heavy (non-hydrogen) atoms. The van der Waals surface area contributed by atoms with Crippen LogP contribution in [0.5, 0.6) is 0 Å². The second kappa shape index (κ2) is 7.86. The number of aromatic nitrogens is 2. The minimum atomic E-state index is 0.130. The lowest BCUT2D eigenvalue weighted by atomic mass is 10.2. The van der Waals surface area contributed by atoms with E-state index in [0.717, 1.165) is 17.1 Å². The van der Waals surface area contributed by atoms with Crippen LogP contribution in [-0.4, -0.2) is 26.8 Å². The van der Waals surface area contributed by atoms with Gasteiger partial charge in [0.25, 0.3) is 0 Å². The van der Waals surface area contributed by atoms with Crippen LogP contribution < -0.4 is 11.1 Å². The summed E-state index contributed by atoms with van der Waals surface area (Å²) in [5, 5.41) is 16.0. The lowest BCUT2D eigenvalue weighted by Gasteiger charge is -2.08. The van der Waals surface area contributed by atoms with Gasteiger partial charge in [-0.2, -0.15) is 0 Å². The number of thioether (sulfide) groups is 1. The third kappa shape index (κ3) is 5.09. The zero-order valence-corrected chi connectivity index (χ0v) is 13.5. The Balaban J connectivity index is 2.01. The molecule has 0 unspecified atom stereocenters. The number of nitrogens with zero attached hydrogens (tertiary/aromatic N) is 3. The second-order valence-electron chi connectivity index (χ2n) is 4.54. The van der Waals surface area contributed by atoms with Gasteiger partial charge in [0.15, 0.2) is 5.16 Å². The number of hydrogen-bond donors (Lipinski definition) is 3. The maximum atomic E-state index is 8.54. The quantitative estimate of drug-likeness (QED) is 0.187. The molecule has 6 nitrogen and oxygen atoms in total. The number of aryl methyl sites for hydroxylation is 1. The minimum absolute atomic E-state index is 0.130. The lowest BCUT2D eigenvalue weighted by Crippen LogP contribution is -2.14. The molecule has 1 aromatic heterocycles. The molecule has 0 saturated heterocycles. The van der Waals surface area contributed by atoms with Crippen molar-refractivity contribution in [3.8, 4) is 0 Å². The molecule has 0 aliphatic carbocycles. The van der Waals surface area contributed by atoms with Crippen molar-refractivity contribution in [2.75, 3.05) is 11.1 Å². The van der Waals surface area contributed by atoms with Crippen molar-refractivity contribution in [1.29, 1.82) is 0 Å². The molecule has 0 amide bonds. The molecule has 0 bridgehead atoms. The Morgan fingerprint density at radius 3 is 2.77 bits per heavy atom. The molecule has 0 radical (unpaired) electrons. The Bertz CT molecular complexity index is 663. The maximum absolute atomic E-state index is 8.54. The summed E-state index contributed by atoms with van der Waals surface area (Å²) in [6.45, 7) is 2.53. The van der Waals surface area contributed by atoms with Gasteiger partial charge in [0.2, 0.25) is 0 Å². The first-order chi connectivity index (χ1) is 10.6. The fourth-order valence-electron chi connectivity index (χ4n) is 1.66. The van der Waals surface area contributed by atoms with E-state index < -0.39 is 0 Å². The van der Waals surface area contributed by atoms with Gasteiger partial charge in [-0.25, -0.2) is 9.97 Å². The number of nitrogens with one attached hydrogen (secondary N) is 1. The first kappa shape index (κ1) is 16.4. The number of anilines is 1. The molecule has 2 aromatic rings. The molecule has 8 heteroatoms. The van der Waals surface area contributed by atoms with Crippen molar-refractivity contribution < 1.29 is 5.21 Å². The van der Waals surface area contributed by atoms with E-state index in [-0.39, 0.29) is 5.84 Å². The van der Waals surface area contributed by atoms with Gasteiger partial charge in [-0.15, -0.1) is 0 Å². The fraction of sp³-hybridized carbons (Fsp3) is 0.214. The first-order valence-electron chi connectivity index (χ1n) is 6.50. The topological polar surface area (TPSA) is 96.4 Å². The lowest BCUT2D eigenvalue weighted by molar-refractivity contribution is 0.318. The highest BCUT2D eigenvalue weighted by molar-refractivity contribution is 7.99. The van der Waals surface area contributed by atoms with Gasteiger partial charge in [-0.3, -0.25) is 0 Å². The predicted octanol–water partition coefficient (Wildman–Crippen LogP) is 2.89. The summed E-state index contributed by atoms with van der Waals surface area (Å²) in [5.74, 6) is 1.19. The zero-order valence-electron chi connectivity index (χ0n) is 12.0. The smallest absolute Gasteiger partial charge is 0.190 e. The number of hydrogen-bond acceptors (Lipinski definition) is 6. The van der Waals surface area contributed by atoms with E-state index in [1.165, 1.54) is 11.8 Å². The van der Waals surface area contributed by atoms with Gasteiger partial charge in [0.05, 0.1) is 5.75 Å². The van der Waals surface area contributed by atoms with E-state index in [9.17, 15) is 0 Å². The van der Waals surface area contributed by atoms with Crippen LogP contribution in [0.2, 0.25) is 5.02 Å². The minimum Gasteiger partial charge on any atom is -0.409 e. The number of rotatable bonds is 6. The van der Waals surface area contributed by atoms with Crippen LogP contribution >= 0.6 is 23.4 Å². The number of oxime groups is 1. The number of benzene rings is 1. The Hall–Kier alpha value is -1.99. The van der Waals surface area contributed by atoms with E-state index in [4.69, 9.17) is 22.5 Å². The molecule has 4 N–H and O–H groups in total. The fourth-order valence-corrected chi connectivity index (χ4v) is 2.49. The molecule has 0 fully saturated rings. The van der Waals surface area contributed by atoms with E-state index in [2.05, 4.69) is 20.4 Å². The monoisotopic (exact) mass is 337 g/mol. The Morgan fingerprint density at radius 1 is 1.36 bits per heavy atom. The Kier molecular flexibility index (Phi) is 5.85. The van der Waals surface area contributed by atoms with Crippen molar-refractivity contribution in [3.05, 3.63) is 46.6 Å². The summed E-state index contributed by atoms with van der Waals surface area (Å²) in [6.07, 6.45) is 0. The van der Waals surface area contributed by atoms with Crippen LogP contribution in [0, 0.1) is 6.92 Å². The summed E-state index contributed by atoms with van der Waals surface area (Å²) in [5.41, 5.74) is 7.39. The molecular formula is C14H16ClN5OS. The standard InChI is InChI=1S/C14H16ClN5OS/c1-9-6-13(17-7-10-2-4-11(15)5-3-10)19-14(18-9)22-8-12(16)20-21/h2-6,21H,7-8H2,1H3,(H2,16,20)(H,17,18,19). The van der Waals surface area contributed by atoms with E-state index in [1.54, 1.807) is 0 Å². The van der Waals surface area contributed by atoms with Crippen molar-refractivity contribution in [1.82, 2.24) is 9.97 Å². The Labute approximate surface area is 137 Å². The van der Waals surface area contributed by atoms with Crippen LogP contribution in [0.3, 0.4) is 0 Å². The molecule has 0 aliphatic rings. The van der Waals surface area contributed by atoms with Gasteiger partial charge >= 0.3 is 0 Å². The van der Waals surface area contributed by atoms with Crippen LogP contribution in [0.25, 0.3) is 0 Å². The average Bonchev–Trinajstić information content (AvgIpc) is 2.51. The molecule has 1 aromatic carbocycles. The number of amidine groups is 1. The van der Waals surface area contributed by atoms with Gasteiger partial charge in [-0.05, 0) is 24.6 Å². The number of nitrogens with two attached hydrogens (primary N) is 1. The van der Waals surface area contributed by atoms with Crippen LogP contribution in [-0.2, 0) is 6.54 Å². The summed E-state index contributed by atoms with van der Waals surface area (Å²) >= 11 is 7.17. The molecule has 0 saturated carbocycles. The highest BCUT2D eigenvalue weighted by atomic mass is 35.5. The molecular weight excluding hydrogens is 322 g/mol. The van der Waals surface area contributed by atoms with Crippen molar-refractivity contribution in [2.45, 2.75) is 18.6 Å². The van der Waals surface area contributed by atoms with Gasteiger partial charge in [0, 0.05) is 23.3 Å². The van der Waals surface area contributed by atoms with Crippen LogP contribution in [0.4, 0.5) is 5.82 Å². The van der Waals surface area contributed by atoms with Crippen LogP contribution in [0.1, 0.15) is 11.3 Å². The average molecular weight is 338 g/mol. The van der Waals surface area contributed by atoms with Gasteiger partial charge in [0.1, 0.15) is 11.7 Å². The third-order valence-electron chi connectivity index (χ3n) is 2.70. The summed E-state index contributed by atoms with van der Waals surface area (Å²) in [4.78, 5) is 8.70. The van der Waals surface area contributed by atoms with Gasteiger partial charge in [-0.1, -0.05) is 40.7 Å². The predicted molar refractivity (Wildman–Crippen MR) is 89.7 cm³/mol. The SMILES string of the molecule is Cc1cc(NCc2ccc(Cl)cc2)nc(SCC(N)=NO)n1. The molecule has 2 rings (SSSR count). The highest BCUT2D eigenvalue weighted by Gasteiger charge is 2.05. The first-order valence-corrected chi connectivity index (χ1v) is 7.86. The summed E-state index contributed by atoms with van der Waals surface area (Å²) < 4.78 is 0. The molecule has 1 heterocycles. The van der Waals surface area contributed by atoms with Crippen LogP contribution in [0.15, 0.2) is 40.6 Å². The summed E-state index contributed by atoms with van der Waals surface area (Å²) in [7, 11) is 0. The molecule has 116 valence electrons. The maximum Gasteiger partial charge on any atom is 0.190 e. The second-order valence-corrected chi connectivity index (χ2v) is 5.92. The molecule has 0 spiro atoms. The van der Waals surface area contributed by atoms with E-state index in [1.807, 2.05) is 37.3 Å². The van der Waals surface area contributed by atoms with Crippen molar-refractivity contribution in [3.63, 3.8) is 0 Å². The largest absolute Gasteiger partial charge is 0.409 e. The van der Waals surface area contributed by atoms with E-state index >= 15 is 0 Å². The van der Waals surface area contributed by atoms with E-state index in [0.29, 0.717) is 22.5 Å². The van der Waals surface area contributed by atoms with Gasteiger partial charge < -0.3 is 16.3 Å². The van der Waals surface area contributed by atoms with Crippen molar-refractivity contribution in [2.24, 2.45) is 10.9 Å². The highest BCUT2D eigenvalue weighted by Crippen LogP contribution is 2.17. The third-order valence-corrected chi connectivity index (χ3v) is 3.83. The van der Waals surface area contributed by atoms with Crippen molar-refractivity contribution >= 4 is 35.0 Å². The Morgan fingerprint density at radius 2 is 2.09 bits per heavy atom.